The highest BCUT2D eigenvalue weighted by Gasteiger charge is 2.38. The Labute approximate surface area is 155 Å². The summed E-state index contributed by atoms with van der Waals surface area (Å²) in [5, 5.41) is 6.44. The zero-order valence-electron chi connectivity index (χ0n) is 13.4. The van der Waals surface area contributed by atoms with Gasteiger partial charge in [-0.1, -0.05) is 35.5 Å². The first-order valence-corrected chi connectivity index (χ1v) is 9.61. The molecule has 2 amide bonds. The van der Waals surface area contributed by atoms with Gasteiger partial charge in [0.1, 0.15) is 5.25 Å². The summed E-state index contributed by atoms with van der Waals surface area (Å²) in [6.45, 7) is 0. The minimum Gasteiger partial charge on any atom is -0.326 e. The molecule has 2 aliphatic carbocycles. The molecule has 1 saturated heterocycles. The molecule has 0 radical (unpaired) electrons. The van der Waals surface area contributed by atoms with Crippen molar-refractivity contribution in [2.24, 2.45) is 16.8 Å². The first-order valence-electron chi connectivity index (χ1n) is 8.36. The van der Waals surface area contributed by atoms with Crippen LogP contribution in [0.2, 0.25) is 5.02 Å². The molecule has 130 valence electrons. The lowest BCUT2D eigenvalue weighted by molar-refractivity contribution is -0.122. The Morgan fingerprint density at radius 3 is 2.76 bits per heavy atom. The first-order chi connectivity index (χ1) is 12.1. The van der Waals surface area contributed by atoms with Crippen LogP contribution in [-0.2, 0) is 9.59 Å². The number of amides is 2. The molecule has 0 spiro atoms. The van der Waals surface area contributed by atoms with Crippen molar-refractivity contribution in [1.82, 2.24) is 5.32 Å². The zero-order valence-corrected chi connectivity index (χ0v) is 15.0. The van der Waals surface area contributed by atoms with Gasteiger partial charge in [0.15, 0.2) is 5.17 Å². The number of allylic oxidation sites excluding steroid dienone is 1. The van der Waals surface area contributed by atoms with E-state index >= 15 is 0 Å². The molecule has 1 saturated carbocycles. The van der Waals surface area contributed by atoms with Crippen LogP contribution in [-0.4, -0.2) is 28.3 Å². The number of hydrogen-bond acceptors (Lipinski definition) is 4. The summed E-state index contributed by atoms with van der Waals surface area (Å²) in [4.78, 5) is 29.0. The Balaban J connectivity index is 1.33. The van der Waals surface area contributed by atoms with Crippen molar-refractivity contribution in [2.45, 2.75) is 30.6 Å². The number of carbonyl (C=O) groups excluding carboxylic acids is 2. The van der Waals surface area contributed by atoms with E-state index in [1.807, 2.05) is 0 Å². The normalized spacial score (nSPS) is 31.6. The van der Waals surface area contributed by atoms with Gasteiger partial charge < -0.3 is 10.6 Å². The Bertz CT molecular complexity index is 762. The Morgan fingerprint density at radius 1 is 1.28 bits per heavy atom. The number of halogens is 1. The second kappa shape index (κ2) is 6.84. The summed E-state index contributed by atoms with van der Waals surface area (Å²) in [5.74, 6) is 0.803. The molecule has 2 N–H and O–H groups in total. The molecular weight excluding hydrogens is 358 g/mol. The highest BCUT2D eigenvalue weighted by molar-refractivity contribution is 8.15. The molecule has 0 unspecified atom stereocenters. The van der Waals surface area contributed by atoms with Gasteiger partial charge in [-0.15, -0.1) is 0 Å². The van der Waals surface area contributed by atoms with Crippen molar-refractivity contribution < 1.29 is 9.59 Å². The van der Waals surface area contributed by atoms with Crippen LogP contribution in [0.25, 0.3) is 0 Å². The quantitative estimate of drug-likeness (QED) is 0.794. The van der Waals surface area contributed by atoms with Crippen LogP contribution in [0.4, 0.5) is 5.69 Å². The number of benzene rings is 1. The van der Waals surface area contributed by atoms with Gasteiger partial charge in [0.25, 0.3) is 0 Å². The molecular formula is C18H18ClN3O2S. The number of hydrogen-bond donors (Lipinski definition) is 2. The summed E-state index contributed by atoms with van der Waals surface area (Å²) in [7, 11) is 0. The number of thioether (sulfide) groups is 1. The molecule has 1 aromatic carbocycles. The second-order valence-corrected chi connectivity index (χ2v) is 8.26. The van der Waals surface area contributed by atoms with Crippen molar-refractivity contribution in [3.05, 3.63) is 41.4 Å². The molecule has 25 heavy (non-hydrogen) atoms. The van der Waals surface area contributed by atoms with Gasteiger partial charge in [-0.3, -0.25) is 14.6 Å². The highest BCUT2D eigenvalue weighted by Crippen LogP contribution is 2.41. The smallest absolute Gasteiger partial charge is 0.240 e. The molecule has 2 fully saturated rings. The highest BCUT2D eigenvalue weighted by atomic mass is 35.5. The minimum atomic E-state index is -0.430. The summed E-state index contributed by atoms with van der Waals surface area (Å²) >= 11 is 7.19. The molecule has 4 rings (SSSR count). The number of anilines is 1. The molecule has 4 atom stereocenters. The minimum absolute atomic E-state index is 0.120. The second-order valence-electron chi connectivity index (χ2n) is 6.64. The van der Waals surface area contributed by atoms with Gasteiger partial charge in [-0.05, 0) is 48.9 Å². The van der Waals surface area contributed by atoms with Crippen LogP contribution >= 0.6 is 23.4 Å². The Kier molecular flexibility index (Phi) is 4.56. The van der Waals surface area contributed by atoms with Crippen molar-refractivity contribution in [3.63, 3.8) is 0 Å². The zero-order chi connectivity index (χ0) is 17.4. The predicted molar refractivity (Wildman–Crippen MR) is 101 cm³/mol. The van der Waals surface area contributed by atoms with Gasteiger partial charge >= 0.3 is 0 Å². The molecule has 7 heteroatoms. The number of rotatable bonds is 4. The number of carbonyl (C=O) groups is 2. The van der Waals surface area contributed by atoms with Crippen LogP contribution in [0, 0.1) is 11.8 Å². The van der Waals surface area contributed by atoms with E-state index in [0.717, 1.165) is 6.42 Å². The molecule has 1 aliphatic heterocycles. The lowest BCUT2D eigenvalue weighted by Gasteiger charge is -2.13. The molecule has 3 aliphatic rings. The summed E-state index contributed by atoms with van der Waals surface area (Å²) < 4.78 is 0. The van der Waals surface area contributed by atoms with E-state index in [4.69, 9.17) is 16.6 Å². The van der Waals surface area contributed by atoms with E-state index in [9.17, 15) is 9.59 Å². The Hall–Kier alpha value is -1.79. The standard InChI is InChI=1S/C18H18ClN3O2S/c19-12-3-5-13(6-4-12)20-16(23)9-15-17(24)22-18(25-15)21-14-8-10-1-2-11(14)7-10/h1-6,10-11,14-15H,7-9H2,(H,20,23)(H,21,22,24)/t10-,11-,14+,15-/m1/s1. The molecule has 0 aromatic heterocycles. The van der Waals surface area contributed by atoms with Crippen molar-refractivity contribution >= 4 is 46.0 Å². The number of aliphatic imine (C=N–C) groups is 1. The average Bonchev–Trinajstić information content (AvgIpc) is 3.27. The van der Waals surface area contributed by atoms with E-state index in [1.54, 1.807) is 24.3 Å². The van der Waals surface area contributed by atoms with Gasteiger partial charge in [0.05, 0.1) is 6.04 Å². The van der Waals surface area contributed by atoms with Crippen LogP contribution < -0.4 is 10.6 Å². The lowest BCUT2D eigenvalue weighted by Crippen LogP contribution is -2.28. The van der Waals surface area contributed by atoms with Crippen LogP contribution in [0.1, 0.15) is 19.3 Å². The topological polar surface area (TPSA) is 70.6 Å². The number of amidine groups is 1. The third-order valence-corrected chi connectivity index (χ3v) is 6.15. The number of nitrogens with zero attached hydrogens (tertiary/aromatic N) is 1. The fraction of sp³-hybridized carbons (Fsp3) is 0.389. The number of nitrogens with one attached hydrogen (secondary N) is 2. The third-order valence-electron chi connectivity index (χ3n) is 4.80. The number of fused-ring (bicyclic) bond motifs is 2. The molecule has 1 aromatic rings. The third kappa shape index (κ3) is 3.75. The predicted octanol–water partition coefficient (Wildman–Crippen LogP) is 3.22. The molecule has 5 nitrogen and oxygen atoms in total. The molecule has 1 heterocycles. The maximum atomic E-state index is 12.2. The van der Waals surface area contributed by atoms with Gasteiger partial charge in [-0.2, -0.15) is 0 Å². The van der Waals surface area contributed by atoms with Crippen LogP contribution in [0.5, 0.6) is 0 Å². The SMILES string of the molecule is O=C(C[C@H]1SC(=N[C@H]2C[C@@H]3C=C[C@@H]2C3)NC1=O)Nc1ccc(Cl)cc1. The monoisotopic (exact) mass is 375 g/mol. The van der Waals surface area contributed by atoms with Crippen LogP contribution in [0.3, 0.4) is 0 Å². The van der Waals surface area contributed by atoms with Gasteiger partial charge in [0, 0.05) is 17.1 Å². The van der Waals surface area contributed by atoms with E-state index in [-0.39, 0.29) is 24.3 Å². The van der Waals surface area contributed by atoms with Gasteiger partial charge in [0.2, 0.25) is 11.8 Å². The fourth-order valence-electron chi connectivity index (χ4n) is 3.57. The van der Waals surface area contributed by atoms with Gasteiger partial charge in [-0.25, -0.2) is 0 Å². The van der Waals surface area contributed by atoms with Crippen molar-refractivity contribution in [1.29, 1.82) is 0 Å². The largest absolute Gasteiger partial charge is 0.326 e. The van der Waals surface area contributed by atoms with Crippen molar-refractivity contribution in [2.75, 3.05) is 5.32 Å². The van der Waals surface area contributed by atoms with E-state index in [0.29, 0.717) is 27.7 Å². The van der Waals surface area contributed by atoms with E-state index in [2.05, 4.69) is 22.8 Å². The Morgan fingerprint density at radius 2 is 2.08 bits per heavy atom. The summed E-state index contributed by atoms with van der Waals surface area (Å²) in [5.41, 5.74) is 0.667. The maximum Gasteiger partial charge on any atom is 0.240 e. The lowest BCUT2D eigenvalue weighted by atomic mass is 10.0. The summed E-state index contributed by atoms with van der Waals surface area (Å²) in [6, 6.07) is 7.15. The average molecular weight is 376 g/mol. The summed E-state index contributed by atoms with van der Waals surface area (Å²) in [6.07, 6.45) is 6.86. The first kappa shape index (κ1) is 16.7. The van der Waals surface area contributed by atoms with Crippen LogP contribution in [0.15, 0.2) is 41.4 Å². The molecule has 2 bridgehead atoms. The van der Waals surface area contributed by atoms with E-state index < -0.39 is 5.25 Å². The van der Waals surface area contributed by atoms with Crippen molar-refractivity contribution in [3.8, 4) is 0 Å². The fourth-order valence-corrected chi connectivity index (χ4v) is 4.72. The van der Waals surface area contributed by atoms with E-state index in [1.165, 1.54) is 18.2 Å². The maximum absolute atomic E-state index is 12.2.